The molecule has 0 aliphatic carbocycles. The molecule has 1 amide bonds. The second-order valence-corrected chi connectivity index (χ2v) is 7.00. The fourth-order valence-corrected chi connectivity index (χ4v) is 2.68. The van der Waals surface area contributed by atoms with Crippen LogP contribution in [0.1, 0.15) is 50.4 Å². The van der Waals surface area contributed by atoms with Crippen LogP contribution in [0.4, 0.5) is 0 Å². The zero-order chi connectivity index (χ0) is 16.9. The maximum absolute atomic E-state index is 12.5. The molecule has 2 aromatic carbocycles. The molecule has 0 aromatic heterocycles. The van der Waals surface area contributed by atoms with Gasteiger partial charge < -0.3 is 11.1 Å². The van der Waals surface area contributed by atoms with E-state index in [9.17, 15) is 4.79 Å². The van der Waals surface area contributed by atoms with E-state index in [1.54, 1.807) is 0 Å². The Kier molecular flexibility index (Phi) is 5.56. The van der Waals surface area contributed by atoms with Crippen LogP contribution in [0.5, 0.6) is 0 Å². The number of amides is 1. The van der Waals surface area contributed by atoms with Crippen molar-refractivity contribution in [3.05, 3.63) is 71.8 Å². The molecule has 122 valence electrons. The molecule has 0 aliphatic rings. The Hall–Kier alpha value is -2.13. The normalized spacial score (nSPS) is 14.1. The minimum atomic E-state index is -0.285. The summed E-state index contributed by atoms with van der Waals surface area (Å²) in [6.07, 6.45) is 0.281. The van der Waals surface area contributed by atoms with Crippen LogP contribution in [0, 0.1) is 5.41 Å². The van der Waals surface area contributed by atoms with Crippen molar-refractivity contribution < 1.29 is 4.79 Å². The molecule has 3 N–H and O–H groups in total. The Morgan fingerprint density at radius 2 is 1.43 bits per heavy atom. The van der Waals surface area contributed by atoms with Gasteiger partial charge in [-0.05, 0) is 16.5 Å². The molecule has 2 unspecified atom stereocenters. The number of hydrogen-bond donors (Lipinski definition) is 2. The average molecular weight is 310 g/mol. The average Bonchev–Trinajstić information content (AvgIpc) is 2.53. The first-order valence-electron chi connectivity index (χ1n) is 8.03. The third-order valence-electron chi connectivity index (χ3n) is 3.94. The lowest BCUT2D eigenvalue weighted by molar-refractivity contribution is -0.123. The molecular weight excluding hydrogens is 284 g/mol. The Morgan fingerprint density at radius 1 is 0.957 bits per heavy atom. The highest BCUT2D eigenvalue weighted by Crippen LogP contribution is 2.32. The van der Waals surface area contributed by atoms with Gasteiger partial charge in [-0.25, -0.2) is 0 Å². The van der Waals surface area contributed by atoms with Crippen LogP contribution in [0.3, 0.4) is 0 Å². The molecule has 0 fully saturated rings. The van der Waals surface area contributed by atoms with E-state index >= 15 is 0 Å². The number of carbonyl (C=O) groups is 1. The van der Waals surface area contributed by atoms with Crippen LogP contribution in [-0.4, -0.2) is 5.91 Å². The van der Waals surface area contributed by atoms with Crippen molar-refractivity contribution in [1.29, 1.82) is 0 Å². The van der Waals surface area contributed by atoms with Crippen molar-refractivity contribution in [1.82, 2.24) is 5.32 Å². The van der Waals surface area contributed by atoms with Crippen molar-refractivity contribution >= 4 is 5.91 Å². The van der Waals surface area contributed by atoms with Crippen molar-refractivity contribution in [3.8, 4) is 0 Å². The molecule has 3 heteroatoms. The number of nitrogens with two attached hydrogens (primary N) is 1. The van der Waals surface area contributed by atoms with E-state index in [2.05, 4.69) is 26.1 Å². The van der Waals surface area contributed by atoms with E-state index in [1.807, 2.05) is 60.7 Å². The Morgan fingerprint density at radius 3 is 1.91 bits per heavy atom. The van der Waals surface area contributed by atoms with Gasteiger partial charge in [0.15, 0.2) is 0 Å². The molecule has 0 aliphatic heterocycles. The fraction of sp³-hybridized carbons (Fsp3) is 0.350. The Labute approximate surface area is 138 Å². The SMILES string of the molecule is CC(C)(C)C(NC(=O)CC(N)c1ccccc1)c1ccccc1. The molecule has 0 saturated carbocycles. The molecule has 2 aromatic rings. The first kappa shape index (κ1) is 17.2. The Balaban J connectivity index is 2.07. The summed E-state index contributed by atoms with van der Waals surface area (Å²) in [6.45, 7) is 6.38. The second-order valence-electron chi connectivity index (χ2n) is 7.00. The predicted octanol–water partition coefficient (Wildman–Crippen LogP) is 3.98. The van der Waals surface area contributed by atoms with Crippen LogP contribution in [0.2, 0.25) is 0 Å². The van der Waals surface area contributed by atoms with E-state index in [-0.39, 0.29) is 29.8 Å². The van der Waals surface area contributed by atoms with Gasteiger partial charge in [0, 0.05) is 12.5 Å². The highest BCUT2D eigenvalue weighted by atomic mass is 16.1. The van der Waals surface area contributed by atoms with E-state index in [0.29, 0.717) is 0 Å². The zero-order valence-corrected chi connectivity index (χ0v) is 14.1. The maximum Gasteiger partial charge on any atom is 0.222 e. The predicted molar refractivity (Wildman–Crippen MR) is 94.8 cm³/mol. The summed E-state index contributed by atoms with van der Waals surface area (Å²) in [7, 11) is 0. The number of benzene rings is 2. The maximum atomic E-state index is 12.5. The van der Waals surface area contributed by atoms with Crippen LogP contribution in [0.15, 0.2) is 60.7 Å². The topological polar surface area (TPSA) is 55.1 Å². The number of carbonyl (C=O) groups excluding carboxylic acids is 1. The molecule has 2 rings (SSSR count). The second kappa shape index (κ2) is 7.42. The van der Waals surface area contributed by atoms with E-state index < -0.39 is 0 Å². The summed E-state index contributed by atoms with van der Waals surface area (Å²) in [5.74, 6) is -0.0230. The third kappa shape index (κ3) is 4.93. The third-order valence-corrected chi connectivity index (χ3v) is 3.94. The molecule has 0 radical (unpaired) electrons. The minimum Gasteiger partial charge on any atom is -0.349 e. The molecule has 0 spiro atoms. The van der Waals surface area contributed by atoms with Gasteiger partial charge in [-0.15, -0.1) is 0 Å². The number of hydrogen-bond acceptors (Lipinski definition) is 2. The van der Waals surface area contributed by atoms with Crippen molar-refractivity contribution in [3.63, 3.8) is 0 Å². The van der Waals surface area contributed by atoms with E-state index in [4.69, 9.17) is 5.73 Å². The quantitative estimate of drug-likeness (QED) is 0.877. The number of rotatable bonds is 5. The standard InChI is InChI=1S/C20H26N2O/c1-20(2,3)19(16-12-8-5-9-13-16)22-18(23)14-17(21)15-10-6-4-7-11-15/h4-13,17,19H,14,21H2,1-3H3,(H,22,23). The fourth-order valence-electron chi connectivity index (χ4n) is 2.68. The van der Waals surface area contributed by atoms with Gasteiger partial charge in [0.2, 0.25) is 5.91 Å². The molecule has 23 heavy (non-hydrogen) atoms. The summed E-state index contributed by atoms with van der Waals surface area (Å²) in [5.41, 5.74) is 8.18. The van der Waals surface area contributed by atoms with Crippen molar-refractivity contribution in [2.24, 2.45) is 11.1 Å². The smallest absolute Gasteiger partial charge is 0.222 e. The van der Waals surface area contributed by atoms with Gasteiger partial charge in [0.05, 0.1) is 6.04 Å². The van der Waals surface area contributed by atoms with Crippen LogP contribution >= 0.6 is 0 Å². The summed E-state index contributed by atoms with van der Waals surface area (Å²) in [4.78, 5) is 12.5. The molecular formula is C20H26N2O. The van der Waals surface area contributed by atoms with Gasteiger partial charge in [0.1, 0.15) is 0 Å². The van der Waals surface area contributed by atoms with Crippen LogP contribution in [-0.2, 0) is 4.79 Å². The highest BCUT2D eigenvalue weighted by molar-refractivity contribution is 5.77. The highest BCUT2D eigenvalue weighted by Gasteiger charge is 2.28. The first-order valence-corrected chi connectivity index (χ1v) is 8.03. The molecule has 0 heterocycles. The zero-order valence-electron chi connectivity index (χ0n) is 14.1. The lowest BCUT2D eigenvalue weighted by Gasteiger charge is -2.32. The lowest BCUT2D eigenvalue weighted by atomic mass is 9.82. The van der Waals surface area contributed by atoms with Crippen LogP contribution in [0.25, 0.3) is 0 Å². The monoisotopic (exact) mass is 310 g/mol. The van der Waals surface area contributed by atoms with E-state index in [1.165, 1.54) is 0 Å². The summed E-state index contributed by atoms with van der Waals surface area (Å²) in [6, 6.07) is 19.5. The lowest BCUT2D eigenvalue weighted by Crippen LogP contribution is -2.37. The van der Waals surface area contributed by atoms with Gasteiger partial charge in [-0.1, -0.05) is 81.4 Å². The summed E-state index contributed by atoms with van der Waals surface area (Å²) >= 11 is 0. The van der Waals surface area contributed by atoms with Crippen LogP contribution < -0.4 is 11.1 Å². The molecule has 2 atom stereocenters. The largest absolute Gasteiger partial charge is 0.349 e. The van der Waals surface area contributed by atoms with Crippen molar-refractivity contribution in [2.45, 2.75) is 39.3 Å². The van der Waals surface area contributed by atoms with Gasteiger partial charge in [0.25, 0.3) is 0 Å². The Bertz CT molecular complexity index is 617. The van der Waals surface area contributed by atoms with Crippen molar-refractivity contribution in [2.75, 3.05) is 0 Å². The molecule has 3 nitrogen and oxygen atoms in total. The minimum absolute atomic E-state index is 0.0230. The first-order chi connectivity index (χ1) is 10.9. The summed E-state index contributed by atoms with van der Waals surface area (Å²) < 4.78 is 0. The van der Waals surface area contributed by atoms with E-state index in [0.717, 1.165) is 11.1 Å². The molecule has 0 saturated heterocycles. The summed E-state index contributed by atoms with van der Waals surface area (Å²) in [5, 5.41) is 3.15. The van der Waals surface area contributed by atoms with Gasteiger partial charge in [-0.2, -0.15) is 0 Å². The molecule has 0 bridgehead atoms. The number of nitrogens with one attached hydrogen (secondary N) is 1. The van der Waals surface area contributed by atoms with Gasteiger partial charge in [-0.3, -0.25) is 4.79 Å². The van der Waals surface area contributed by atoms with Gasteiger partial charge >= 0.3 is 0 Å².